The summed E-state index contributed by atoms with van der Waals surface area (Å²) in [5.41, 5.74) is 1.37. The van der Waals surface area contributed by atoms with E-state index in [1.807, 2.05) is 12.1 Å². The van der Waals surface area contributed by atoms with Crippen LogP contribution in [0.3, 0.4) is 0 Å². The van der Waals surface area contributed by atoms with Gasteiger partial charge in [0.15, 0.2) is 0 Å². The lowest BCUT2D eigenvalue weighted by Gasteiger charge is -2.16. The van der Waals surface area contributed by atoms with Gasteiger partial charge in [0.05, 0.1) is 9.90 Å². The molecule has 0 aromatic carbocycles. The molecular weight excluding hydrogens is 341 g/mol. The number of thiophene rings is 1. The SMILES string of the molecule is O=C(NCc1ccc(N2CCCC2)nc1)c1cc(Cl)sc1Cl. The number of rotatable bonds is 4. The number of pyridine rings is 1. The minimum Gasteiger partial charge on any atom is -0.357 e. The molecule has 22 heavy (non-hydrogen) atoms. The van der Waals surface area contributed by atoms with Gasteiger partial charge in [-0.25, -0.2) is 4.98 Å². The van der Waals surface area contributed by atoms with Crippen LogP contribution in [-0.2, 0) is 6.54 Å². The fraction of sp³-hybridized carbons (Fsp3) is 0.333. The van der Waals surface area contributed by atoms with Crippen LogP contribution < -0.4 is 10.2 Å². The van der Waals surface area contributed by atoms with E-state index in [1.165, 1.54) is 24.2 Å². The van der Waals surface area contributed by atoms with Gasteiger partial charge in [-0.15, -0.1) is 11.3 Å². The number of aromatic nitrogens is 1. The van der Waals surface area contributed by atoms with E-state index in [9.17, 15) is 4.79 Å². The van der Waals surface area contributed by atoms with E-state index in [-0.39, 0.29) is 5.91 Å². The largest absolute Gasteiger partial charge is 0.357 e. The molecular formula is C15H15Cl2N3OS. The summed E-state index contributed by atoms with van der Waals surface area (Å²) in [5, 5.41) is 2.83. The molecule has 2 aromatic heterocycles. The zero-order valence-electron chi connectivity index (χ0n) is 11.8. The van der Waals surface area contributed by atoms with Gasteiger partial charge >= 0.3 is 0 Å². The molecule has 3 heterocycles. The highest BCUT2D eigenvalue weighted by Crippen LogP contribution is 2.31. The lowest BCUT2D eigenvalue weighted by molar-refractivity contribution is 0.0951. The van der Waals surface area contributed by atoms with Gasteiger partial charge in [-0.2, -0.15) is 0 Å². The van der Waals surface area contributed by atoms with Crippen molar-refractivity contribution >= 4 is 46.3 Å². The molecule has 3 rings (SSSR count). The fourth-order valence-corrected chi connectivity index (χ4v) is 3.89. The molecule has 0 bridgehead atoms. The third-order valence-corrected chi connectivity index (χ3v) is 5.08. The zero-order valence-corrected chi connectivity index (χ0v) is 14.1. The Bertz CT molecular complexity index is 666. The molecule has 116 valence electrons. The van der Waals surface area contributed by atoms with Crippen molar-refractivity contribution in [2.45, 2.75) is 19.4 Å². The first-order chi connectivity index (χ1) is 10.6. The Balaban J connectivity index is 1.59. The Morgan fingerprint density at radius 2 is 2.09 bits per heavy atom. The molecule has 2 aromatic rings. The molecule has 1 aliphatic heterocycles. The lowest BCUT2D eigenvalue weighted by atomic mass is 10.2. The van der Waals surface area contributed by atoms with E-state index in [1.54, 1.807) is 12.3 Å². The van der Waals surface area contributed by atoms with E-state index in [4.69, 9.17) is 23.2 Å². The van der Waals surface area contributed by atoms with Crippen LogP contribution in [0.2, 0.25) is 8.67 Å². The maximum absolute atomic E-state index is 12.1. The number of hydrogen-bond acceptors (Lipinski definition) is 4. The summed E-state index contributed by atoms with van der Waals surface area (Å²) in [5.74, 6) is 0.775. The van der Waals surface area contributed by atoms with Gasteiger partial charge < -0.3 is 10.2 Å². The molecule has 0 unspecified atom stereocenters. The van der Waals surface area contributed by atoms with Crippen molar-refractivity contribution in [2.75, 3.05) is 18.0 Å². The predicted octanol–water partition coefficient (Wildman–Crippen LogP) is 3.98. The molecule has 0 spiro atoms. The van der Waals surface area contributed by atoms with Crippen LogP contribution in [0.5, 0.6) is 0 Å². The summed E-state index contributed by atoms with van der Waals surface area (Å²) in [6.45, 7) is 2.55. The van der Waals surface area contributed by atoms with E-state index in [0.717, 1.165) is 24.5 Å². The number of anilines is 1. The van der Waals surface area contributed by atoms with Crippen molar-refractivity contribution < 1.29 is 4.79 Å². The summed E-state index contributed by atoms with van der Waals surface area (Å²) >= 11 is 13.0. The van der Waals surface area contributed by atoms with Crippen LogP contribution >= 0.6 is 34.5 Å². The Morgan fingerprint density at radius 1 is 1.32 bits per heavy atom. The van der Waals surface area contributed by atoms with Gasteiger partial charge in [0, 0.05) is 25.8 Å². The van der Waals surface area contributed by atoms with Crippen LogP contribution in [0.4, 0.5) is 5.82 Å². The second-order valence-corrected chi connectivity index (χ2v) is 7.42. The minimum atomic E-state index is -0.225. The van der Waals surface area contributed by atoms with Gasteiger partial charge in [-0.05, 0) is 30.5 Å². The molecule has 1 amide bonds. The maximum Gasteiger partial charge on any atom is 0.253 e. The highest BCUT2D eigenvalue weighted by atomic mass is 35.5. The Hall–Kier alpha value is -1.30. The molecule has 4 nitrogen and oxygen atoms in total. The quantitative estimate of drug-likeness (QED) is 0.901. The third kappa shape index (κ3) is 3.54. The lowest BCUT2D eigenvalue weighted by Crippen LogP contribution is -2.23. The second-order valence-electron chi connectivity index (χ2n) is 5.14. The molecule has 0 aliphatic carbocycles. The van der Waals surface area contributed by atoms with Crippen molar-refractivity contribution in [3.05, 3.63) is 44.2 Å². The number of hydrogen-bond donors (Lipinski definition) is 1. The first kappa shape index (κ1) is 15.6. The number of carbonyl (C=O) groups excluding carboxylic acids is 1. The third-order valence-electron chi connectivity index (χ3n) is 3.59. The van der Waals surface area contributed by atoms with E-state index in [2.05, 4.69) is 15.2 Å². The average molecular weight is 356 g/mol. The summed E-state index contributed by atoms with van der Waals surface area (Å²) in [6.07, 6.45) is 4.25. The van der Waals surface area contributed by atoms with Crippen molar-refractivity contribution in [3.63, 3.8) is 0 Å². The van der Waals surface area contributed by atoms with Crippen LogP contribution in [0.15, 0.2) is 24.4 Å². The highest BCUT2D eigenvalue weighted by molar-refractivity contribution is 7.20. The predicted molar refractivity (Wildman–Crippen MR) is 91.2 cm³/mol. The Morgan fingerprint density at radius 3 is 2.68 bits per heavy atom. The number of nitrogens with one attached hydrogen (secondary N) is 1. The number of amides is 1. The first-order valence-electron chi connectivity index (χ1n) is 7.06. The van der Waals surface area contributed by atoms with Gasteiger partial charge in [0.1, 0.15) is 10.2 Å². The summed E-state index contributed by atoms with van der Waals surface area (Å²) in [4.78, 5) is 18.8. The molecule has 1 N–H and O–H groups in total. The van der Waals surface area contributed by atoms with Gasteiger partial charge in [-0.3, -0.25) is 4.79 Å². The zero-order chi connectivity index (χ0) is 15.5. The van der Waals surface area contributed by atoms with E-state index < -0.39 is 0 Å². The van der Waals surface area contributed by atoms with Gasteiger partial charge in [0.25, 0.3) is 5.91 Å². The number of halogens is 2. The van der Waals surface area contributed by atoms with Crippen molar-refractivity contribution in [1.82, 2.24) is 10.3 Å². The van der Waals surface area contributed by atoms with Crippen molar-refractivity contribution in [2.24, 2.45) is 0 Å². The fourth-order valence-electron chi connectivity index (χ4n) is 2.43. The summed E-state index contributed by atoms with van der Waals surface area (Å²) in [7, 11) is 0. The van der Waals surface area contributed by atoms with Crippen LogP contribution in [0.1, 0.15) is 28.8 Å². The second kappa shape index (κ2) is 6.86. The highest BCUT2D eigenvalue weighted by Gasteiger charge is 2.15. The first-order valence-corrected chi connectivity index (χ1v) is 8.63. The van der Waals surface area contributed by atoms with Crippen LogP contribution in [0, 0.1) is 0 Å². The topological polar surface area (TPSA) is 45.2 Å². The van der Waals surface area contributed by atoms with E-state index >= 15 is 0 Å². The van der Waals surface area contributed by atoms with Crippen LogP contribution in [0.25, 0.3) is 0 Å². The molecule has 7 heteroatoms. The van der Waals surface area contributed by atoms with Crippen molar-refractivity contribution in [1.29, 1.82) is 0 Å². The number of nitrogens with zero attached hydrogens (tertiary/aromatic N) is 2. The van der Waals surface area contributed by atoms with E-state index in [0.29, 0.717) is 20.8 Å². The monoisotopic (exact) mass is 355 g/mol. The smallest absolute Gasteiger partial charge is 0.253 e. The Labute approximate surface area is 143 Å². The normalized spacial score (nSPS) is 14.4. The summed E-state index contributed by atoms with van der Waals surface area (Å²) < 4.78 is 0.914. The standard InChI is InChI=1S/C15H15Cl2N3OS/c16-12-7-11(14(17)22-12)15(21)19-9-10-3-4-13(18-8-10)20-5-1-2-6-20/h3-4,7-8H,1-2,5-6,9H2,(H,19,21). The molecule has 0 atom stereocenters. The van der Waals surface area contributed by atoms with Gasteiger partial charge in [0.2, 0.25) is 0 Å². The van der Waals surface area contributed by atoms with Gasteiger partial charge in [-0.1, -0.05) is 29.3 Å². The van der Waals surface area contributed by atoms with Crippen molar-refractivity contribution in [3.8, 4) is 0 Å². The molecule has 1 fully saturated rings. The molecule has 0 saturated carbocycles. The summed E-state index contributed by atoms with van der Waals surface area (Å²) in [6, 6.07) is 5.57. The molecule has 1 saturated heterocycles. The Kier molecular flexibility index (Phi) is 4.86. The number of carbonyl (C=O) groups is 1. The molecule has 1 aliphatic rings. The maximum atomic E-state index is 12.1. The average Bonchev–Trinajstić information content (AvgIpc) is 3.15. The minimum absolute atomic E-state index is 0.225. The van der Waals surface area contributed by atoms with Crippen LogP contribution in [-0.4, -0.2) is 24.0 Å². The molecule has 0 radical (unpaired) electrons.